The van der Waals surface area contributed by atoms with Gasteiger partial charge in [0, 0.05) is 12.1 Å². The molecule has 0 aliphatic carbocycles. The van der Waals surface area contributed by atoms with Gasteiger partial charge in [-0.2, -0.15) is 0 Å². The summed E-state index contributed by atoms with van der Waals surface area (Å²) in [5.41, 5.74) is 1.65. The standard InChI is InChI=1S/C16H18N2O6/c19-13(17-12(16(23)24)8-14(20)21)7-3-5-10-9-4-1-2-6-11(9)18-15(10)22/h1-2,4,6,10,12H,3,5,7-8H2,(H,17,19)(H,18,22)(H,20,21)(H,23,24). The summed E-state index contributed by atoms with van der Waals surface area (Å²) in [7, 11) is 0. The second-order valence-electron chi connectivity index (χ2n) is 5.58. The Labute approximate surface area is 137 Å². The number of aliphatic carboxylic acids is 2. The third-order valence-electron chi connectivity index (χ3n) is 3.82. The molecule has 1 aromatic rings. The summed E-state index contributed by atoms with van der Waals surface area (Å²) in [6, 6.07) is 5.87. The van der Waals surface area contributed by atoms with Crippen LogP contribution in [0.4, 0.5) is 5.69 Å². The molecule has 0 saturated heterocycles. The van der Waals surface area contributed by atoms with Crippen molar-refractivity contribution in [2.75, 3.05) is 5.32 Å². The third-order valence-corrected chi connectivity index (χ3v) is 3.82. The number of hydrogen-bond donors (Lipinski definition) is 4. The van der Waals surface area contributed by atoms with Crippen LogP contribution in [0, 0.1) is 0 Å². The molecular weight excluding hydrogens is 316 g/mol. The smallest absolute Gasteiger partial charge is 0.326 e. The maximum atomic E-state index is 11.9. The lowest BCUT2D eigenvalue weighted by atomic mass is 9.95. The average Bonchev–Trinajstić information content (AvgIpc) is 2.82. The van der Waals surface area contributed by atoms with Crippen molar-refractivity contribution >= 4 is 29.4 Å². The molecule has 1 heterocycles. The number of carbonyl (C=O) groups is 4. The minimum atomic E-state index is -1.45. The van der Waals surface area contributed by atoms with Crippen molar-refractivity contribution < 1.29 is 29.4 Å². The number of fused-ring (bicyclic) bond motifs is 1. The number of carboxylic acid groups (broad SMARTS) is 2. The van der Waals surface area contributed by atoms with Crippen LogP contribution in [0.15, 0.2) is 24.3 Å². The molecular formula is C16H18N2O6. The quantitative estimate of drug-likeness (QED) is 0.559. The van der Waals surface area contributed by atoms with Gasteiger partial charge in [0.1, 0.15) is 6.04 Å². The van der Waals surface area contributed by atoms with Gasteiger partial charge in [-0.15, -0.1) is 0 Å². The summed E-state index contributed by atoms with van der Waals surface area (Å²) in [4.78, 5) is 45.2. The van der Waals surface area contributed by atoms with Crippen molar-refractivity contribution in [2.24, 2.45) is 0 Å². The van der Waals surface area contributed by atoms with Gasteiger partial charge in [-0.3, -0.25) is 14.4 Å². The predicted molar refractivity (Wildman–Crippen MR) is 83.5 cm³/mol. The minimum Gasteiger partial charge on any atom is -0.481 e. The second kappa shape index (κ2) is 7.58. The summed E-state index contributed by atoms with van der Waals surface area (Å²) in [5, 5.41) is 22.5. The number of anilines is 1. The molecule has 128 valence electrons. The molecule has 1 aromatic carbocycles. The Hall–Kier alpha value is -2.90. The number of hydrogen-bond acceptors (Lipinski definition) is 4. The molecule has 8 nitrogen and oxygen atoms in total. The van der Waals surface area contributed by atoms with Crippen LogP contribution >= 0.6 is 0 Å². The highest BCUT2D eigenvalue weighted by molar-refractivity contribution is 6.02. The van der Waals surface area contributed by atoms with Crippen molar-refractivity contribution in [1.29, 1.82) is 0 Å². The number of carbonyl (C=O) groups excluding carboxylic acids is 2. The second-order valence-corrected chi connectivity index (χ2v) is 5.58. The highest BCUT2D eigenvalue weighted by Crippen LogP contribution is 2.35. The van der Waals surface area contributed by atoms with E-state index in [1.807, 2.05) is 24.3 Å². The summed E-state index contributed by atoms with van der Waals surface area (Å²) in [5.74, 6) is -3.69. The van der Waals surface area contributed by atoms with Crippen LogP contribution in [-0.2, 0) is 19.2 Å². The molecule has 0 saturated carbocycles. The van der Waals surface area contributed by atoms with Gasteiger partial charge in [-0.25, -0.2) is 4.79 Å². The van der Waals surface area contributed by atoms with Crippen LogP contribution < -0.4 is 10.6 Å². The molecule has 2 atom stereocenters. The van der Waals surface area contributed by atoms with Gasteiger partial charge in [0.05, 0.1) is 12.3 Å². The van der Waals surface area contributed by atoms with Crippen LogP contribution in [0.3, 0.4) is 0 Å². The molecule has 24 heavy (non-hydrogen) atoms. The number of para-hydroxylation sites is 1. The molecule has 0 spiro atoms. The first-order chi connectivity index (χ1) is 11.4. The van der Waals surface area contributed by atoms with E-state index in [2.05, 4.69) is 10.6 Å². The first-order valence-electron chi connectivity index (χ1n) is 7.52. The Morgan fingerprint density at radius 2 is 1.92 bits per heavy atom. The number of amides is 2. The fourth-order valence-corrected chi connectivity index (χ4v) is 2.67. The predicted octanol–water partition coefficient (Wildman–Crippen LogP) is 0.937. The van der Waals surface area contributed by atoms with Crippen molar-refractivity contribution in [2.45, 2.75) is 37.6 Å². The monoisotopic (exact) mass is 334 g/mol. The lowest BCUT2D eigenvalue weighted by Gasteiger charge is -2.13. The number of benzene rings is 1. The zero-order chi connectivity index (χ0) is 17.7. The Bertz CT molecular complexity index is 672. The molecule has 4 N–H and O–H groups in total. The van der Waals surface area contributed by atoms with E-state index < -0.39 is 30.3 Å². The van der Waals surface area contributed by atoms with Gasteiger partial charge in [-0.05, 0) is 24.5 Å². The highest BCUT2D eigenvalue weighted by atomic mass is 16.4. The Morgan fingerprint density at radius 1 is 1.21 bits per heavy atom. The molecule has 1 aliphatic heterocycles. The molecule has 0 radical (unpaired) electrons. The zero-order valence-corrected chi connectivity index (χ0v) is 12.8. The van der Waals surface area contributed by atoms with E-state index in [4.69, 9.17) is 10.2 Å². The van der Waals surface area contributed by atoms with E-state index in [-0.39, 0.29) is 18.2 Å². The van der Waals surface area contributed by atoms with E-state index in [9.17, 15) is 19.2 Å². The van der Waals surface area contributed by atoms with Crippen LogP contribution in [0.25, 0.3) is 0 Å². The molecule has 1 aliphatic rings. The Morgan fingerprint density at radius 3 is 2.58 bits per heavy atom. The number of nitrogens with one attached hydrogen (secondary N) is 2. The molecule has 2 unspecified atom stereocenters. The fraction of sp³-hybridized carbons (Fsp3) is 0.375. The first kappa shape index (κ1) is 17.5. The third kappa shape index (κ3) is 4.31. The summed E-state index contributed by atoms with van der Waals surface area (Å²) in [6.45, 7) is 0. The largest absolute Gasteiger partial charge is 0.481 e. The lowest BCUT2D eigenvalue weighted by Crippen LogP contribution is -2.42. The topological polar surface area (TPSA) is 133 Å². The zero-order valence-electron chi connectivity index (χ0n) is 12.8. The Balaban J connectivity index is 1.83. The van der Waals surface area contributed by atoms with Crippen molar-refractivity contribution in [1.82, 2.24) is 5.32 Å². The first-order valence-corrected chi connectivity index (χ1v) is 7.52. The fourth-order valence-electron chi connectivity index (χ4n) is 2.67. The average molecular weight is 334 g/mol. The molecule has 0 aromatic heterocycles. The van der Waals surface area contributed by atoms with Gasteiger partial charge in [-0.1, -0.05) is 18.2 Å². The Kier molecular flexibility index (Phi) is 5.51. The van der Waals surface area contributed by atoms with E-state index in [1.54, 1.807) is 0 Å². The van der Waals surface area contributed by atoms with Gasteiger partial charge in [0.15, 0.2) is 0 Å². The molecule has 2 amide bonds. The molecule has 2 rings (SSSR count). The lowest BCUT2D eigenvalue weighted by molar-refractivity contribution is -0.147. The maximum absolute atomic E-state index is 11.9. The normalized spacial score (nSPS) is 16.8. The molecule has 0 bridgehead atoms. The van der Waals surface area contributed by atoms with Crippen molar-refractivity contribution in [3.05, 3.63) is 29.8 Å². The molecule has 8 heteroatoms. The van der Waals surface area contributed by atoms with Crippen LogP contribution in [0.5, 0.6) is 0 Å². The van der Waals surface area contributed by atoms with Gasteiger partial charge < -0.3 is 20.8 Å². The SMILES string of the molecule is O=C(O)CC(NC(=O)CCCC1C(=O)Nc2ccccc21)C(=O)O. The highest BCUT2D eigenvalue weighted by Gasteiger charge is 2.30. The van der Waals surface area contributed by atoms with Gasteiger partial charge in [0.2, 0.25) is 11.8 Å². The van der Waals surface area contributed by atoms with Gasteiger partial charge >= 0.3 is 11.9 Å². The minimum absolute atomic E-state index is 0.0232. The van der Waals surface area contributed by atoms with E-state index >= 15 is 0 Å². The van der Waals surface area contributed by atoms with E-state index in [0.29, 0.717) is 12.8 Å². The van der Waals surface area contributed by atoms with E-state index in [0.717, 1.165) is 11.3 Å². The maximum Gasteiger partial charge on any atom is 0.326 e. The van der Waals surface area contributed by atoms with E-state index in [1.165, 1.54) is 0 Å². The van der Waals surface area contributed by atoms with Crippen LogP contribution in [0.1, 0.15) is 37.2 Å². The van der Waals surface area contributed by atoms with Crippen molar-refractivity contribution in [3.8, 4) is 0 Å². The molecule has 0 fully saturated rings. The number of carboxylic acids is 2. The van der Waals surface area contributed by atoms with Crippen molar-refractivity contribution in [3.63, 3.8) is 0 Å². The van der Waals surface area contributed by atoms with Crippen LogP contribution in [0.2, 0.25) is 0 Å². The van der Waals surface area contributed by atoms with Crippen LogP contribution in [-0.4, -0.2) is 40.0 Å². The summed E-state index contributed by atoms with van der Waals surface area (Å²) < 4.78 is 0. The summed E-state index contributed by atoms with van der Waals surface area (Å²) in [6.07, 6.45) is 0.180. The number of rotatable bonds is 8. The summed E-state index contributed by atoms with van der Waals surface area (Å²) >= 11 is 0. The van der Waals surface area contributed by atoms with Gasteiger partial charge in [0.25, 0.3) is 0 Å².